The number of allylic oxidation sites excluding steroid dienone is 2. The Balaban J connectivity index is 1.61. The summed E-state index contributed by atoms with van der Waals surface area (Å²) in [7, 11) is 0. The molecular formula is C24H26F5N3O2. The summed E-state index contributed by atoms with van der Waals surface area (Å²) in [5.74, 6) is 0. The van der Waals surface area contributed by atoms with Crippen LogP contribution in [-0.4, -0.2) is 39.5 Å². The molecule has 0 saturated carbocycles. The van der Waals surface area contributed by atoms with Gasteiger partial charge >= 0.3 is 12.3 Å². The van der Waals surface area contributed by atoms with Crippen molar-refractivity contribution in [3.05, 3.63) is 53.4 Å². The van der Waals surface area contributed by atoms with Crippen LogP contribution in [0.5, 0.6) is 0 Å². The molecule has 1 aromatic heterocycles. The highest BCUT2D eigenvalue weighted by molar-refractivity contribution is 5.75. The minimum Gasteiger partial charge on any atom is -0.444 e. The lowest BCUT2D eigenvalue weighted by Gasteiger charge is -2.46. The molecule has 1 aromatic carbocycles. The van der Waals surface area contributed by atoms with Gasteiger partial charge in [-0.15, -0.1) is 0 Å². The molecule has 2 aliphatic rings. The topological polar surface area (TPSA) is 47.4 Å². The van der Waals surface area contributed by atoms with Gasteiger partial charge in [0.15, 0.2) is 0 Å². The maximum absolute atomic E-state index is 13.8. The summed E-state index contributed by atoms with van der Waals surface area (Å²) in [4.78, 5) is 13.9. The monoisotopic (exact) mass is 483 g/mol. The van der Waals surface area contributed by atoms with E-state index >= 15 is 0 Å². The van der Waals surface area contributed by atoms with Crippen LogP contribution in [0.4, 0.5) is 26.7 Å². The average molecular weight is 483 g/mol. The fourth-order valence-corrected chi connectivity index (χ4v) is 4.58. The van der Waals surface area contributed by atoms with E-state index in [0.29, 0.717) is 37.9 Å². The molecule has 2 aromatic rings. The Morgan fingerprint density at radius 3 is 2.29 bits per heavy atom. The van der Waals surface area contributed by atoms with E-state index in [1.54, 1.807) is 25.7 Å². The van der Waals surface area contributed by atoms with Crippen molar-refractivity contribution in [2.75, 3.05) is 13.1 Å². The van der Waals surface area contributed by atoms with Crippen LogP contribution in [0.3, 0.4) is 0 Å². The highest BCUT2D eigenvalue weighted by Crippen LogP contribution is 2.52. The van der Waals surface area contributed by atoms with Gasteiger partial charge in [-0.2, -0.15) is 18.3 Å². The van der Waals surface area contributed by atoms with Crippen molar-refractivity contribution in [2.45, 2.75) is 58.2 Å². The van der Waals surface area contributed by atoms with Crippen molar-refractivity contribution in [1.29, 1.82) is 0 Å². The largest absolute Gasteiger partial charge is 0.444 e. The van der Waals surface area contributed by atoms with Crippen LogP contribution in [-0.2, 0) is 10.9 Å². The third-order valence-electron chi connectivity index (χ3n) is 6.21. The summed E-state index contributed by atoms with van der Waals surface area (Å²) in [5.41, 5.74) is -1.98. The number of aromatic nitrogens is 2. The molecule has 1 saturated heterocycles. The molecule has 10 heteroatoms. The third kappa shape index (κ3) is 4.67. The first-order valence-corrected chi connectivity index (χ1v) is 11.0. The molecule has 5 nitrogen and oxygen atoms in total. The van der Waals surface area contributed by atoms with Gasteiger partial charge in [0.25, 0.3) is 6.43 Å². The van der Waals surface area contributed by atoms with Crippen LogP contribution in [0.25, 0.3) is 11.3 Å². The number of hydrogen-bond donors (Lipinski definition) is 0. The Hall–Kier alpha value is -2.91. The molecule has 2 heterocycles. The van der Waals surface area contributed by atoms with Crippen molar-refractivity contribution in [3.8, 4) is 5.69 Å². The zero-order chi connectivity index (χ0) is 24.9. The molecular weight excluding hydrogens is 457 g/mol. The van der Waals surface area contributed by atoms with Gasteiger partial charge < -0.3 is 9.64 Å². The molecule has 0 atom stereocenters. The van der Waals surface area contributed by atoms with Crippen LogP contribution >= 0.6 is 0 Å². The van der Waals surface area contributed by atoms with Gasteiger partial charge in [0.2, 0.25) is 0 Å². The average Bonchev–Trinajstić information content (AvgIpc) is 3.15. The van der Waals surface area contributed by atoms with Crippen molar-refractivity contribution in [2.24, 2.45) is 5.41 Å². The minimum absolute atomic E-state index is 0.00639. The summed E-state index contributed by atoms with van der Waals surface area (Å²) < 4.78 is 74.6. The Morgan fingerprint density at radius 1 is 1.12 bits per heavy atom. The van der Waals surface area contributed by atoms with E-state index in [1.165, 1.54) is 18.2 Å². The number of piperidine rings is 1. The maximum Gasteiger partial charge on any atom is 0.418 e. The zero-order valence-electron chi connectivity index (χ0n) is 19.1. The number of carbonyl (C=O) groups is 1. The Morgan fingerprint density at radius 2 is 1.74 bits per heavy atom. The van der Waals surface area contributed by atoms with Crippen LogP contribution in [0.2, 0.25) is 0 Å². The number of likely N-dealkylation sites (tertiary alicyclic amines) is 1. The molecule has 1 spiro atoms. The molecule has 0 radical (unpaired) electrons. The first kappa shape index (κ1) is 24.2. The number of hydrogen-bond acceptors (Lipinski definition) is 3. The Labute approximate surface area is 194 Å². The maximum atomic E-state index is 13.8. The predicted octanol–water partition coefficient (Wildman–Crippen LogP) is 6.63. The quantitative estimate of drug-likeness (QED) is 0.460. The molecule has 184 valence electrons. The molecule has 4 rings (SSSR count). The highest BCUT2D eigenvalue weighted by Gasteiger charge is 2.44. The van der Waals surface area contributed by atoms with Crippen LogP contribution < -0.4 is 0 Å². The van der Waals surface area contributed by atoms with Gasteiger partial charge in [-0.05, 0) is 63.2 Å². The third-order valence-corrected chi connectivity index (χ3v) is 6.21. The van der Waals surface area contributed by atoms with Crippen molar-refractivity contribution in [1.82, 2.24) is 14.7 Å². The fraction of sp³-hybridized carbons (Fsp3) is 0.500. The lowest BCUT2D eigenvalue weighted by atomic mass is 9.64. The van der Waals surface area contributed by atoms with Gasteiger partial charge in [-0.3, -0.25) is 0 Å². The molecule has 1 aliphatic heterocycles. The molecule has 1 amide bonds. The fourth-order valence-electron chi connectivity index (χ4n) is 4.58. The number of para-hydroxylation sites is 1. The van der Waals surface area contributed by atoms with Crippen LogP contribution in [0.15, 0.2) is 36.5 Å². The zero-order valence-corrected chi connectivity index (χ0v) is 19.1. The summed E-state index contributed by atoms with van der Waals surface area (Å²) in [6, 6.07) is 4.80. The van der Waals surface area contributed by atoms with E-state index in [-0.39, 0.29) is 16.8 Å². The van der Waals surface area contributed by atoms with Gasteiger partial charge in [-0.1, -0.05) is 18.2 Å². The summed E-state index contributed by atoms with van der Waals surface area (Å²) in [5, 5.41) is 3.91. The standard InChI is InChI=1S/C24H26F5N3O2/c1-22(2,3)34-21(33)31-10-8-23(9-11-31)12-15(13-23)19-16(20(25)26)14-30-32(19)18-7-5-4-6-17(18)24(27,28)29/h4-7,12,14,20H,8-11,13H2,1-3H3. The second-order valence-electron chi connectivity index (χ2n) is 9.85. The van der Waals surface area contributed by atoms with Gasteiger partial charge in [-0.25, -0.2) is 18.3 Å². The first-order valence-electron chi connectivity index (χ1n) is 11.0. The van der Waals surface area contributed by atoms with Gasteiger partial charge in [0.1, 0.15) is 5.60 Å². The number of benzene rings is 1. The molecule has 0 bridgehead atoms. The number of amides is 1. The normalized spacial score (nSPS) is 18.1. The Kier molecular flexibility index (Phi) is 5.98. The second-order valence-corrected chi connectivity index (χ2v) is 9.85. The van der Waals surface area contributed by atoms with E-state index in [1.807, 2.05) is 6.08 Å². The molecule has 34 heavy (non-hydrogen) atoms. The summed E-state index contributed by atoms with van der Waals surface area (Å²) in [6.45, 7) is 6.28. The first-order chi connectivity index (χ1) is 15.8. The minimum atomic E-state index is -4.66. The number of nitrogens with zero attached hydrogens (tertiary/aromatic N) is 3. The van der Waals surface area contributed by atoms with E-state index in [0.717, 1.165) is 16.9 Å². The number of halogens is 5. The molecule has 0 N–H and O–H groups in total. The lowest BCUT2D eigenvalue weighted by molar-refractivity contribution is -0.137. The number of ether oxygens (including phenoxy) is 1. The lowest BCUT2D eigenvalue weighted by Crippen LogP contribution is -2.46. The van der Waals surface area contributed by atoms with Gasteiger partial charge in [0.05, 0.1) is 28.7 Å². The number of carbonyl (C=O) groups excluding carboxylic acids is 1. The predicted molar refractivity (Wildman–Crippen MR) is 116 cm³/mol. The van der Waals surface area contributed by atoms with Gasteiger partial charge in [0, 0.05) is 13.1 Å². The van der Waals surface area contributed by atoms with Crippen LogP contribution in [0, 0.1) is 5.41 Å². The summed E-state index contributed by atoms with van der Waals surface area (Å²) in [6.07, 6.45) is -3.48. The SMILES string of the molecule is CC(C)(C)OC(=O)N1CCC2(C=C(c3c(C(F)F)cnn3-c3ccccc3C(F)(F)F)C2)CC1. The van der Waals surface area contributed by atoms with Crippen molar-refractivity contribution >= 4 is 11.7 Å². The van der Waals surface area contributed by atoms with Crippen molar-refractivity contribution < 1.29 is 31.5 Å². The molecule has 0 unspecified atom stereocenters. The molecule has 1 fully saturated rings. The second kappa shape index (κ2) is 8.39. The smallest absolute Gasteiger partial charge is 0.418 e. The van der Waals surface area contributed by atoms with E-state index < -0.39 is 35.4 Å². The Bertz CT molecular complexity index is 1110. The number of rotatable bonds is 3. The van der Waals surface area contributed by atoms with E-state index in [4.69, 9.17) is 4.74 Å². The van der Waals surface area contributed by atoms with Crippen LogP contribution in [0.1, 0.15) is 63.3 Å². The van der Waals surface area contributed by atoms with E-state index in [2.05, 4.69) is 5.10 Å². The highest BCUT2D eigenvalue weighted by atomic mass is 19.4. The van der Waals surface area contributed by atoms with E-state index in [9.17, 15) is 26.7 Å². The number of alkyl halides is 5. The molecule has 1 aliphatic carbocycles. The summed E-state index contributed by atoms with van der Waals surface area (Å²) >= 11 is 0. The van der Waals surface area contributed by atoms with Crippen molar-refractivity contribution in [3.63, 3.8) is 0 Å².